The molecule has 90 valence electrons. The van der Waals surface area contributed by atoms with E-state index in [0.29, 0.717) is 5.78 Å². The first-order valence-electron chi connectivity index (χ1n) is 5.48. The highest BCUT2D eigenvalue weighted by Crippen LogP contribution is 2.21. The molecular weight excluding hydrogens is 188 g/mol. The van der Waals surface area contributed by atoms with E-state index in [1.54, 1.807) is 0 Å². The average molecular weight is 214 g/mol. The van der Waals surface area contributed by atoms with Crippen molar-refractivity contribution in [1.29, 1.82) is 0 Å². The fourth-order valence-electron chi connectivity index (χ4n) is 1.72. The van der Waals surface area contributed by atoms with Gasteiger partial charge in [0.05, 0.1) is 0 Å². The zero-order valence-electron chi connectivity index (χ0n) is 11.3. The first-order chi connectivity index (χ1) is 6.64. The summed E-state index contributed by atoms with van der Waals surface area (Å²) in [5.41, 5.74) is -0.239. The molecule has 0 aliphatic carbocycles. The summed E-state index contributed by atoms with van der Waals surface area (Å²) in [5, 5.41) is 0. The maximum absolute atomic E-state index is 12.2. The van der Waals surface area contributed by atoms with Crippen LogP contribution in [-0.2, 0) is 4.79 Å². The molecule has 0 aromatic carbocycles. The molecule has 0 saturated heterocycles. The van der Waals surface area contributed by atoms with E-state index in [-0.39, 0.29) is 11.3 Å². The van der Waals surface area contributed by atoms with Gasteiger partial charge in [-0.05, 0) is 28.2 Å². The SMILES string of the molecule is CN(C)CC(CN(C)C)C(=O)C(C)(C)C. The fourth-order valence-corrected chi connectivity index (χ4v) is 1.72. The van der Waals surface area contributed by atoms with Gasteiger partial charge in [0.15, 0.2) is 0 Å². The summed E-state index contributed by atoms with van der Waals surface area (Å²) in [4.78, 5) is 16.3. The molecule has 0 aromatic heterocycles. The van der Waals surface area contributed by atoms with Crippen molar-refractivity contribution >= 4 is 5.78 Å². The molecule has 0 rings (SSSR count). The van der Waals surface area contributed by atoms with Crippen molar-refractivity contribution in [2.45, 2.75) is 20.8 Å². The molecule has 0 aromatic rings. The molecule has 3 heteroatoms. The Morgan fingerprint density at radius 1 is 1.00 bits per heavy atom. The second-order valence-electron chi connectivity index (χ2n) is 5.84. The minimum Gasteiger partial charge on any atom is -0.309 e. The molecule has 3 nitrogen and oxygen atoms in total. The van der Waals surface area contributed by atoms with Crippen LogP contribution in [0.2, 0.25) is 0 Å². The molecule has 0 saturated carbocycles. The molecule has 0 N–H and O–H groups in total. The summed E-state index contributed by atoms with van der Waals surface area (Å²) in [6.45, 7) is 7.64. The van der Waals surface area contributed by atoms with Crippen LogP contribution >= 0.6 is 0 Å². The van der Waals surface area contributed by atoms with Crippen LogP contribution in [0.25, 0.3) is 0 Å². The Kier molecular flexibility index (Phi) is 5.46. The summed E-state index contributed by atoms with van der Waals surface area (Å²) in [5.74, 6) is 0.458. The summed E-state index contributed by atoms with van der Waals surface area (Å²) in [6, 6.07) is 0. The predicted molar refractivity (Wildman–Crippen MR) is 65.1 cm³/mol. The Morgan fingerprint density at radius 2 is 1.33 bits per heavy atom. The largest absolute Gasteiger partial charge is 0.309 e. The lowest BCUT2D eigenvalue weighted by Gasteiger charge is -2.28. The Morgan fingerprint density at radius 3 is 1.53 bits per heavy atom. The van der Waals surface area contributed by atoms with Crippen molar-refractivity contribution in [3.8, 4) is 0 Å². The first kappa shape index (κ1) is 14.6. The minimum absolute atomic E-state index is 0.106. The molecule has 0 radical (unpaired) electrons. The third-order valence-electron chi connectivity index (χ3n) is 2.28. The maximum atomic E-state index is 12.2. The second-order valence-corrected chi connectivity index (χ2v) is 5.84. The molecule has 0 aliphatic heterocycles. The predicted octanol–water partition coefficient (Wildman–Crippen LogP) is 1.34. The second kappa shape index (κ2) is 5.61. The number of ketones is 1. The highest BCUT2D eigenvalue weighted by atomic mass is 16.1. The van der Waals surface area contributed by atoms with Crippen LogP contribution in [0.15, 0.2) is 0 Å². The van der Waals surface area contributed by atoms with E-state index in [0.717, 1.165) is 13.1 Å². The Bertz CT molecular complexity index is 194. The molecule has 0 bridgehead atoms. The third-order valence-corrected chi connectivity index (χ3v) is 2.28. The fraction of sp³-hybridized carbons (Fsp3) is 0.917. The van der Waals surface area contributed by atoms with E-state index in [9.17, 15) is 4.79 Å². The minimum atomic E-state index is -0.239. The molecule has 0 heterocycles. The van der Waals surface area contributed by atoms with Crippen LogP contribution in [0.1, 0.15) is 20.8 Å². The van der Waals surface area contributed by atoms with Crippen LogP contribution in [0, 0.1) is 11.3 Å². The molecule has 0 amide bonds. The molecule has 0 aliphatic rings. The van der Waals surface area contributed by atoms with Crippen LogP contribution in [0.3, 0.4) is 0 Å². The van der Waals surface area contributed by atoms with Gasteiger partial charge in [0.25, 0.3) is 0 Å². The summed E-state index contributed by atoms with van der Waals surface area (Å²) < 4.78 is 0. The topological polar surface area (TPSA) is 23.6 Å². The van der Waals surface area contributed by atoms with Crippen molar-refractivity contribution in [3.63, 3.8) is 0 Å². The van der Waals surface area contributed by atoms with Crippen LogP contribution in [0.5, 0.6) is 0 Å². The molecule has 0 spiro atoms. The number of Topliss-reactive ketones (excluding diaryl/α,β-unsaturated/α-hetero) is 1. The van der Waals surface area contributed by atoms with Crippen molar-refractivity contribution in [2.75, 3.05) is 41.3 Å². The lowest BCUT2D eigenvalue weighted by molar-refractivity contribution is -0.131. The number of carbonyl (C=O) groups is 1. The van der Waals surface area contributed by atoms with Gasteiger partial charge in [-0.2, -0.15) is 0 Å². The Labute approximate surface area is 94.4 Å². The Balaban J connectivity index is 4.55. The van der Waals surface area contributed by atoms with Crippen LogP contribution in [-0.4, -0.2) is 56.9 Å². The van der Waals surface area contributed by atoms with Gasteiger partial charge >= 0.3 is 0 Å². The van der Waals surface area contributed by atoms with Gasteiger partial charge in [-0.15, -0.1) is 0 Å². The Hall–Kier alpha value is -0.410. The summed E-state index contributed by atoms with van der Waals surface area (Å²) in [7, 11) is 8.05. The van der Waals surface area contributed by atoms with E-state index in [2.05, 4.69) is 9.80 Å². The third kappa shape index (κ3) is 5.90. The number of rotatable bonds is 5. The van der Waals surface area contributed by atoms with E-state index < -0.39 is 0 Å². The van der Waals surface area contributed by atoms with Crippen LogP contribution in [0.4, 0.5) is 0 Å². The normalized spacial score (nSPS) is 12.9. The van der Waals surface area contributed by atoms with Crippen LogP contribution < -0.4 is 0 Å². The van der Waals surface area contributed by atoms with Gasteiger partial charge in [-0.25, -0.2) is 0 Å². The van der Waals surface area contributed by atoms with Gasteiger partial charge in [0.2, 0.25) is 0 Å². The molecular formula is C12H26N2O. The van der Waals surface area contributed by atoms with E-state index in [1.165, 1.54) is 0 Å². The quantitative estimate of drug-likeness (QED) is 0.690. The maximum Gasteiger partial charge on any atom is 0.143 e. The lowest BCUT2D eigenvalue weighted by Crippen LogP contribution is -2.40. The highest BCUT2D eigenvalue weighted by Gasteiger charge is 2.30. The summed E-state index contributed by atoms with van der Waals surface area (Å²) >= 11 is 0. The van der Waals surface area contributed by atoms with Gasteiger partial charge in [0, 0.05) is 24.4 Å². The molecule has 15 heavy (non-hydrogen) atoms. The van der Waals surface area contributed by atoms with Gasteiger partial charge in [0.1, 0.15) is 5.78 Å². The van der Waals surface area contributed by atoms with E-state index in [1.807, 2.05) is 49.0 Å². The van der Waals surface area contributed by atoms with E-state index >= 15 is 0 Å². The zero-order chi connectivity index (χ0) is 12.2. The van der Waals surface area contributed by atoms with Crippen molar-refractivity contribution in [2.24, 2.45) is 11.3 Å². The molecule has 0 atom stereocenters. The average Bonchev–Trinajstić information content (AvgIpc) is 1.98. The summed E-state index contributed by atoms with van der Waals surface area (Å²) in [6.07, 6.45) is 0. The molecule has 0 fully saturated rings. The lowest BCUT2D eigenvalue weighted by atomic mass is 9.82. The highest BCUT2D eigenvalue weighted by molar-refractivity contribution is 5.86. The van der Waals surface area contributed by atoms with Gasteiger partial charge < -0.3 is 9.80 Å². The first-order valence-corrected chi connectivity index (χ1v) is 5.48. The number of carbonyl (C=O) groups excluding carboxylic acids is 1. The van der Waals surface area contributed by atoms with Crippen molar-refractivity contribution < 1.29 is 4.79 Å². The zero-order valence-corrected chi connectivity index (χ0v) is 11.3. The molecule has 0 unspecified atom stereocenters. The smallest absolute Gasteiger partial charge is 0.143 e. The standard InChI is InChI=1S/C12H26N2O/c1-12(2,3)11(15)10(8-13(4)5)9-14(6)7/h10H,8-9H2,1-7H3. The van der Waals surface area contributed by atoms with Gasteiger partial charge in [-0.3, -0.25) is 4.79 Å². The van der Waals surface area contributed by atoms with E-state index in [4.69, 9.17) is 0 Å². The van der Waals surface area contributed by atoms with Crippen molar-refractivity contribution in [1.82, 2.24) is 9.80 Å². The number of hydrogen-bond donors (Lipinski definition) is 0. The number of nitrogens with zero attached hydrogens (tertiary/aromatic N) is 2. The monoisotopic (exact) mass is 214 g/mol. The van der Waals surface area contributed by atoms with Crippen molar-refractivity contribution in [3.05, 3.63) is 0 Å². The number of hydrogen-bond acceptors (Lipinski definition) is 3. The van der Waals surface area contributed by atoms with Gasteiger partial charge in [-0.1, -0.05) is 20.8 Å².